The zero-order valence-electron chi connectivity index (χ0n) is 19.4. The smallest absolute Gasteiger partial charge is 0.330 e. The van der Waals surface area contributed by atoms with Gasteiger partial charge in [-0.1, -0.05) is 30.3 Å². The van der Waals surface area contributed by atoms with Gasteiger partial charge in [0.15, 0.2) is 0 Å². The Balaban J connectivity index is 1.35. The highest BCUT2D eigenvalue weighted by molar-refractivity contribution is 5.94. The zero-order valence-corrected chi connectivity index (χ0v) is 19.4. The van der Waals surface area contributed by atoms with Crippen LogP contribution in [0.2, 0.25) is 0 Å². The van der Waals surface area contributed by atoms with Crippen molar-refractivity contribution in [3.05, 3.63) is 59.2 Å². The highest BCUT2D eigenvalue weighted by Gasteiger charge is 2.35. The summed E-state index contributed by atoms with van der Waals surface area (Å²) in [6, 6.07) is 14.9. The maximum Gasteiger partial charge on any atom is 0.330 e. The van der Waals surface area contributed by atoms with Gasteiger partial charge in [0, 0.05) is 42.9 Å². The molecule has 2 fully saturated rings. The van der Waals surface area contributed by atoms with Crippen molar-refractivity contribution in [3.8, 4) is 5.75 Å². The van der Waals surface area contributed by atoms with E-state index in [2.05, 4.69) is 62.0 Å². The van der Waals surface area contributed by atoms with Crippen LogP contribution in [0.3, 0.4) is 0 Å². The summed E-state index contributed by atoms with van der Waals surface area (Å²) < 4.78 is 5.66. The number of aryl methyl sites for hydroxylation is 1. The van der Waals surface area contributed by atoms with Crippen molar-refractivity contribution in [3.63, 3.8) is 0 Å². The molecule has 3 unspecified atom stereocenters. The molecule has 2 aromatic carbocycles. The van der Waals surface area contributed by atoms with E-state index in [1.807, 2.05) is 12.1 Å². The minimum atomic E-state index is -0.191. The van der Waals surface area contributed by atoms with Crippen molar-refractivity contribution in [1.82, 2.24) is 26.4 Å². The van der Waals surface area contributed by atoms with Gasteiger partial charge in [-0.3, -0.25) is 15.1 Å². The first-order chi connectivity index (χ1) is 16.6. The number of hydrogen-bond acceptors (Lipinski definition) is 6. The monoisotopic (exact) mass is 464 g/mol. The van der Waals surface area contributed by atoms with Crippen LogP contribution in [-0.4, -0.2) is 49.2 Å². The molecule has 0 aliphatic carbocycles. The fraction of sp³-hybridized carbons (Fsp3) is 0.440. The van der Waals surface area contributed by atoms with Gasteiger partial charge in [-0.25, -0.2) is 10.2 Å². The highest BCUT2D eigenvalue weighted by Crippen LogP contribution is 2.34. The molecule has 5 N–H and O–H groups in total. The predicted octanol–water partition coefficient (Wildman–Crippen LogP) is 2.02. The minimum absolute atomic E-state index is 0.0524. The quantitative estimate of drug-likeness (QED) is 0.429. The van der Waals surface area contributed by atoms with E-state index in [4.69, 9.17) is 4.74 Å². The lowest BCUT2D eigenvalue weighted by Gasteiger charge is -2.43. The van der Waals surface area contributed by atoms with Crippen molar-refractivity contribution in [2.45, 2.75) is 50.5 Å². The summed E-state index contributed by atoms with van der Waals surface area (Å²) in [5, 5.41) is 9.68. The lowest BCUT2D eigenvalue weighted by molar-refractivity contribution is -0.116. The molecule has 0 radical (unpaired) electrons. The summed E-state index contributed by atoms with van der Waals surface area (Å²) in [5.41, 5.74) is 10.0. The fourth-order valence-corrected chi connectivity index (χ4v) is 5.32. The average molecular weight is 465 g/mol. The third-order valence-electron chi connectivity index (χ3n) is 6.91. The Bertz CT molecular complexity index is 1050. The second kappa shape index (κ2) is 10.0. The van der Waals surface area contributed by atoms with Gasteiger partial charge in [0.2, 0.25) is 5.91 Å². The number of benzene rings is 2. The van der Waals surface area contributed by atoms with Gasteiger partial charge < -0.3 is 20.7 Å². The number of likely N-dealkylation sites (tertiary alicyclic amines) is 1. The molecule has 3 amide bonds. The number of hydrazine groups is 1. The summed E-state index contributed by atoms with van der Waals surface area (Å²) in [5.74, 6) is 0.831. The van der Waals surface area contributed by atoms with Crippen LogP contribution in [0.5, 0.6) is 5.75 Å². The molecule has 0 spiro atoms. The number of rotatable bonds is 7. The summed E-state index contributed by atoms with van der Waals surface area (Å²) >= 11 is 0. The van der Waals surface area contributed by atoms with Gasteiger partial charge in [0.1, 0.15) is 11.9 Å². The SMILES string of the molecule is COc1cc2c(cc1CNC1CCCN(CC3NNC(=O)N3)C1c1ccccc1)CCC(=O)N2. The summed E-state index contributed by atoms with van der Waals surface area (Å²) in [6.45, 7) is 2.35. The van der Waals surface area contributed by atoms with Gasteiger partial charge in [-0.05, 0) is 43.0 Å². The second-order valence-corrected chi connectivity index (χ2v) is 9.14. The van der Waals surface area contributed by atoms with Crippen molar-refractivity contribution in [2.75, 3.05) is 25.5 Å². The van der Waals surface area contributed by atoms with Crippen LogP contribution in [0.1, 0.15) is 42.0 Å². The van der Waals surface area contributed by atoms with Gasteiger partial charge in [-0.15, -0.1) is 0 Å². The van der Waals surface area contributed by atoms with E-state index in [-0.39, 0.29) is 30.2 Å². The number of ether oxygens (including phenoxy) is 1. The third kappa shape index (κ3) is 4.86. The normalized spacial score (nSPS) is 24.7. The number of nitrogens with one attached hydrogen (secondary N) is 5. The van der Waals surface area contributed by atoms with Crippen LogP contribution >= 0.6 is 0 Å². The number of carbonyl (C=O) groups excluding carboxylic acids is 2. The Hall–Kier alpha value is -3.14. The summed E-state index contributed by atoms with van der Waals surface area (Å²) in [4.78, 5) is 25.8. The Kier molecular flexibility index (Phi) is 6.66. The first kappa shape index (κ1) is 22.6. The Morgan fingerprint density at radius 1 is 1.15 bits per heavy atom. The Labute approximate surface area is 199 Å². The highest BCUT2D eigenvalue weighted by atomic mass is 16.5. The molecular formula is C25H32N6O3. The second-order valence-electron chi connectivity index (χ2n) is 9.14. The zero-order chi connectivity index (χ0) is 23.5. The van der Waals surface area contributed by atoms with Crippen LogP contribution in [0.15, 0.2) is 42.5 Å². The Morgan fingerprint density at radius 2 is 2.00 bits per heavy atom. The maximum atomic E-state index is 11.8. The molecule has 2 saturated heterocycles. The number of nitrogens with zero attached hydrogens (tertiary/aromatic N) is 1. The maximum absolute atomic E-state index is 11.8. The van der Waals surface area contributed by atoms with Crippen LogP contribution < -0.4 is 31.5 Å². The topological polar surface area (TPSA) is 107 Å². The molecular weight excluding hydrogens is 432 g/mol. The van der Waals surface area contributed by atoms with Crippen LogP contribution in [0.4, 0.5) is 10.5 Å². The molecule has 3 heterocycles. The van der Waals surface area contributed by atoms with E-state index >= 15 is 0 Å². The van der Waals surface area contributed by atoms with E-state index in [1.54, 1.807) is 7.11 Å². The molecule has 34 heavy (non-hydrogen) atoms. The fourth-order valence-electron chi connectivity index (χ4n) is 5.32. The molecule has 9 heteroatoms. The number of hydrogen-bond donors (Lipinski definition) is 5. The third-order valence-corrected chi connectivity index (χ3v) is 6.91. The van der Waals surface area contributed by atoms with Gasteiger partial charge in [0.05, 0.1) is 13.2 Å². The summed E-state index contributed by atoms with van der Waals surface area (Å²) in [6.07, 6.45) is 3.26. The standard InChI is InChI=1S/C25H32N6O3/c1-34-21-13-20-17(9-10-23(32)27-20)12-18(21)14-26-19-8-5-11-31(15-22-28-25(33)30-29-22)24(19)16-6-3-2-4-7-16/h2-4,6-7,12-13,19,22,24,26,29H,5,8-11,14-15H2,1H3,(H,27,32)(H2,28,30,33). The average Bonchev–Trinajstić information content (AvgIpc) is 3.27. The van der Waals surface area contributed by atoms with E-state index in [0.717, 1.165) is 48.4 Å². The molecule has 9 nitrogen and oxygen atoms in total. The molecule has 0 aromatic heterocycles. The van der Waals surface area contributed by atoms with Gasteiger partial charge in [-0.2, -0.15) is 0 Å². The van der Waals surface area contributed by atoms with E-state index in [1.165, 1.54) is 5.56 Å². The number of carbonyl (C=O) groups is 2. The molecule has 0 saturated carbocycles. The molecule has 5 rings (SSSR count). The van der Waals surface area contributed by atoms with Crippen molar-refractivity contribution < 1.29 is 14.3 Å². The predicted molar refractivity (Wildman–Crippen MR) is 129 cm³/mol. The molecule has 0 bridgehead atoms. The lowest BCUT2D eigenvalue weighted by Crippen LogP contribution is -2.53. The lowest BCUT2D eigenvalue weighted by atomic mass is 9.89. The first-order valence-electron chi connectivity index (χ1n) is 11.9. The molecule has 3 aliphatic heterocycles. The number of urea groups is 1. The molecule has 2 aromatic rings. The van der Waals surface area contributed by atoms with Gasteiger partial charge >= 0.3 is 6.03 Å². The molecule has 3 atom stereocenters. The largest absolute Gasteiger partial charge is 0.496 e. The van der Waals surface area contributed by atoms with Crippen molar-refractivity contribution in [2.24, 2.45) is 0 Å². The van der Waals surface area contributed by atoms with Crippen molar-refractivity contribution in [1.29, 1.82) is 0 Å². The van der Waals surface area contributed by atoms with Crippen molar-refractivity contribution >= 4 is 17.6 Å². The molecule has 180 valence electrons. The minimum Gasteiger partial charge on any atom is -0.496 e. The first-order valence-corrected chi connectivity index (χ1v) is 11.9. The molecule has 3 aliphatic rings. The number of methoxy groups -OCH3 is 1. The Morgan fingerprint density at radius 3 is 2.76 bits per heavy atom. The van der Waals surface area contributed by atoms with Gasteiger partial charge in [0.25, 0.3) is 0 Å². The van der Waals surface area contributed by atoms with Crippen LogP contribution in [0.25, 0.3) is 0 Å². The number of piperidine rings is 1. The van der Waals surface area contributed by atoms with Crippen LogP contribution in [-0.2, 0) is 17.8 Å². The van der Waals surface area contributed by atoms with Crippen LogP contribution in [0, 0.1) is 0 Å². The number of anilines is 1. The van der Waals surface area contributed by atoms with E-state index < -0.39 is 0 Å². The number of amides is 3. The summed E-state index contributed by atoms with van der Waals surface area (Å²) in [7, 11) is 1.67. The van der Waals surface area contributed by atoms with E-state index in [9.17, 15) is 9.59 Å². The number of fused-ring (bicyclic) bond motifs is 1. The van der Waals surface area contributed by atoms with E-state index in [0.29, 0.717) is 19.5 Å².